The van der Waals surface area contributed by atoms with Crippen LogP contribution in [0.3, 0.4) is 0 Å². The third-order valence-corrected chi connectivity index (χ3v) is 4.85. The van der Waals surface area contributed by atoms with Gasteiger partial charge in [0.25, 0.3) is 5.91 Å². The van der Waals surface area contributed by atoms with Crippen molar-refractivity contribution in [3.8, 4) is 17.5 Å². The second-order valence-electron chi connectivity index (χ2n) is 5.45. The fourth-order valence-electron chi connectivity index (χ4n) is 2.30. The van der Waals surface area contributed by atoms with Crippen LogP contribution in [0.2, 0.25) is 0 Å². The minimum absolute atomic E-state index is 0.222. The van der Waals surface area contributed by atoms with E-state index < -0.39 is 23.5 Å². The number of thioether (sulfide) groups is 1. The summed E-state index contributed by atoms with van der Waals surface area (Å²) in [6, 6.07) is 7.84. The van der Waals surface area contributed by atoms with Crippen LogP contribution in [-0.4, -0.2) is 33.1 Å². The third kappa shape index (κ3) is 3.61. The van der Waals surface area contributed by atoms with Gasteiger partial charge >= 0.3 is 12.1 Å². The number of carbonyl (C=O) groups excluding carboxylic acids is 1. The van der Waals surface area contributed by atoms with Crippen molar-refractivity contribution in [2.24, 2.45) is 0 Å². The van der Waals surface area contributed by atoms with Crippen LogP contribution in [0.4, 0.5) is 13.2 Å². The van der Waals surface area contributed by atoms with Crippen LogP contribution in [0, 0.1) is 11.3 Å². The summed E-state index contributed by atoms with van der Waals surface area (Å²) in [4.78, 5) is 15.6. The molecular weight excluding hydrogens is 357 g/mol. The SMILES string of the molecule is N#CC1(NC(=O)c2ccc(-c3noc(C(F)(F)F)n3)cc2)CCSC1. The lowest BCUT2D eigenvalue weighted by Gasteiger charge is -2.21. The molecule has 0 spiro atoms. The monoisotopic (exact) mass is 368 g/mol. The van der Waals surface area contributed by atoms with E-state index in [2.05, 4.69) is 26.0 Å². The topological polar surface area (TPSA) is 91.8 Å². The second-order valence-corrected chi connectivity index (χ2v) is 6.55. The lowest BCUT2D eigenvalue weighted by molar-refractivity contribution is -0.159. The van der Waals surface area contributed by atoms with Crippen molar-refractivity contribution in [1.82, 2.24) is 15.5 Å². The number of hydrogen-bond acceptors (Lipinski definition) is 6. The van der Waals surface area contributed by atoms with Crippen molar-refractivity contribution < 1.29 is 22.5 Å². The molecule has 1 saturated heterocycles. The highest BCUT2D eigenvalue weighted by atomic mass is 32.2. The second kappa shape index (κ2) is 6.40. The maximum atomic E-state index is 12.5. The van der Waals surface area contributed by atoms with Gasteiger partial charge in [-0.15, -0.1) is 0 Å². The van der Waals surface area contributed by atoms with E-state index in [9.17, 15) is 23.2 Å². The summed E-state index contributed by atoms with van der Waals surface area (Å²) in [5, 5.41) is 15.3. The standard InChI is InChI=1S/C15H11F3N4O2S/c16-15(17,18)13-20-11(22-24-13)9-1-3-10(4-2-9)12(23)21-14(7-19)5-6-25-8-14/h1-4H,5-6,8H2,(H,21,23). The molecular formula is C15H11F3N4O2S. The Morgan fingerprint density at radius 3 is 2.60 bits per heavy atom. The molecule has 0 radical (unpaired) electrons. The molecule has 2 heterocycles. The quantitative estimate of drug-likeness (QED) is 0.896. The van der Waals surface area contributed by atoms with Crippen molar-refractivity contribution in [2.75, 3.05) is 11.5 Å². The molecule has 0 saturated carbocycles. The molecule has 0 bridgehead atoms. The van der Waals surface area contributed by atoms with Gasteiger partial charge in [-0.1, -0.05) is 17.3 Å². The van der Waals surface area contributed by atoms with E-state index in [0.29, 0.717) is 12.2 Å². The summed E-state index contributed by atoms with van der Waals surface area (Å²) in [6.45, 7) is 0. The van der Waals surface area contributed by atoms with Crippen LogP contribution in [0.25, 0.3) is 11.4 Å². The first kappa shape index (κ1) is 17.3. The van der Waals surface area contributed by atoms with Crippen molar-refractivity contribution in [3.63, 3.8) is 0 Å². The highest BCUT2D eigenvalue weighted by molar-refractivity contribution is 7.99. The molecule has 1 aliphatic rings. The van der Waals surface area contributed by atoms with Gasteiger partial charge in [-0.2, -0.15) is 35.2 Å². The Morgan fingerprint density at radius 1 is 1.36 bits per heavy atom. The molecule has 1 aliphatic heterocycles. The highest BCUT2D eigenvalue weighted by Crippen LogP contribution is 2.30. The molecule has 1 aromatic heterocycles. The summed E-state index contributed by atoms with van der Waals surface area (Å²) in [5.74, 6) is -0.749. The summed E-state index contributed by atoms with van der Waals surface area (Å²) in [7, 11) is 0. The number of nitrogens with one attached hydrogen (secondary N) is 1. The molecule has 1 fully saturated rings. The fraction of sp³-hybridized carbons (Fsp3) is 0.333. The van der Waals surface area contributed by atoms with Crippen LogP contribution in [0.15, 0.2) is 28.8 Å². The van der Waals surface area contributed by atoms with Gasteiger partial charge in [0, 0.05) is 16.9 Å². The largest absolute Gasteiger partial charge is 0.471 e. The molecule has 1 atom stereocenters. The molecule has 0 aliphatic carbocycles. The maximum absolute atomic E-state index is 12.5. The Morgan fingerprint density at radius 2 is 2.08 bits per heavy atom. The number of halogens is 3. The van der Waals surface area contributed by atoms with Crippen LogP contribution >= 0.6 is 11.8 Å². The first-order valence-electron chi connectivity index (χ1n) is 7.16. The number of rotatable bonds is 3. The number of amides is 1. The number of carbonyl (C=O) groups is 1. The molecule has 1 N–H and O–H groups in total. The molecule has 1 amide bonds. The first-order chi connectivity index (χ1) is 11.8. The number of nitriles is 1. The fourth-order valence-corrected chi connectivity index (χ4v) is 3.56. The van der Waals surface area contributed by atoms with Crippen LogP contribution in [-0.2, 0) is 6.18 Å². The lowest BCUT2D eigenvalue weighted by atomic mass is 10.0. The molecule has 1 unspecified atom stereocenters. The zero-order chi connectivity index (χ0) is 18.1. The third-order valence-electron chi connectivity index (χ3n) is 3.66. The average molecular weight is 368 g/mol. The number of alkyl halides is 3. The maximum Gasteiger partial charge on any atom is 0.471 e. The first-order valence-corrected chi connectivity index (χ1v) is 8.31. The lowest BCUT2D eigenvalue weighted by Crippen LogP contribution is -2.47. The zero-order valence-corrected chi connectivity index (χ0v) is 13.4. The molecule has 25 heavy (non-hydrogen) atoms. The van der Waals surface area contributed by atoms with E-state index in [1.54, 1.807) is 11.8 Å². The molecule has 130 valence electrons. The van der Waals surface area contributed by atoms with Gasteiger partial charge in [-0.3, -0.25) is 4.79 Å². The van der Waals surface area contributed by atoms with Crippen molar-refractivity contribution >= 4 is 17.7 Å². The van der Waals surface area contributed by atoms with Crippen molar-refractivity contribution in [2.45, 2.75) is 18.1 Å². The number of hydrogen-bond donors (Lipinski definition) is 1. The van der Waals surface area contributed by atoms with Crippen LogP contribution in [0.1, 0.15) is 22.7 Å². The Bertz CT molecular complexity index is 821. The minimum Gasteiger partial charge on any atom is -0.333 e. The van der Waals surface area contributed by atoms with Crippen LogP contribution in [0.5, 0.6) is 0 Å². The molecule has 6 nitrogen and oxygen atoms in total. The number of nitrogens with zero attached hydrogens (tertiary/aromatic N) is 3. The number of aromatic nitrogens is 2. The zero-order valence-electron chi connectivity index (χ0n) is 12.6. The number of benzene rings is 1. The van der Waals surface area contributed by atoms with Gasteiger partial charge in [0.1, 0.15) is 5.54 Å². The van der Waals surface area contributed by atoms with E-state index in [0.717, 1.165) is 5.75 Å². The summed E-state index contributed by atoms with van der Waals surface area (Å²) < 4.78 is 41.6. The average Bonchev–Trinajstić information content (AvgIpc) is 3.24. The van der Waals surface area contributed by atoms with E-state index in [1.165, 1.54) is 24.3 Å². The molecule has 2 aromatic rings. The predicted octanol–water partition coefficient (Wildman–Crippen LogP) is 2.88. The Hall–Kier alpha value is -2.54. The van der Waals surface area contributed by atoms with Crippen LogP contribution < -0.4 is 5.32 Å². The van der Waals surface area contributed by atoms with E-state index >= 15 is 0 Å². The van der Waals surface area contributed by atoms with Gasteiger partial charge in [0.2, 0.25) is 5.82 Å². The van der Waals surface area contributed by atoms with Gasteiger partial charge < -0.3 is 9.84 Å². The Balaban J connectivity index is 1.75. The molecule has 3 rings (SSSR count). The predicted molar refractivity (Wildman–Crippen MR) is 82.5 cm³/mol. The minimum atomic E-state index is -4.71. The van der Waals surface area contributed by atoms with Crippen molar-refractivity contribution in [1.29, 1.82) is 5.26 Å². The van der Waals surface area contributed by atoms with Crippen molar-refractivity contribution in [3.05, 3.63) is 35.7 Å². The van der Waals surface area contributed by atoms with E-state index in [4.69, 9.17) is 0 Å². The van der Waals surface area contributed by atoms with E-state index in [1.807, 2.05) is 0 Å². The van der Waals surface area contributed by atoms with Gasteiger partial charge in [0.05, 0.1) is 6.07 Å². The Labute approximate surface area is 144 Å². The normalized spacial score (nSPS) is 20.2. The van der Waals surface area contributed by atoms with Gasteiger partial charge in [-0.25, -0.2) is 0 Å². The van der Waals surface area contributed by atoms with E-state index in [-0.39, 0.29) is 17.0 Å². The summed E-state index contributed by atoms with van der Waals surface area (Å²) >= 11 is 1.59. The Kier molecular flexibility index (Phi) is 4.43. The van der Waals surface area contributed by atoms with Gasteiger partial charge in [0.15, 0.2) is 0 Å². The smallest absolute Gasteiger partial charge is 0.333 e. The molecule has 1 aromatic carbocycles. The highest BCUT2D eigenvalue weighted by Gasteiger charge is 2.38. The summed E-state index contributed by atoms with van der Waals surface area (Å²) in [6.07, 6.45) is -4.14. The van der Waals surface area contributed by atoms with Gasteiger partial charge in [-0.05, 0) is 24.3 Å². The molecule has 10 heteroatoms. The summed E-state index contributed by atoms with van der Waals surface area (Å²) in [5.41, 5.74) is -0.313.